The van der Waals surface area contributed by atoms with Gasteiger partial charge in [-0.15, -0.1) is 0 Å². The number of hydrogen-bond donors (Lipinski definition) is 1. The van der Waals surface area contributed by atoms with Crippen LogP contribution >= 0.6 is 0 Å². The van der Waals surface area contributed by atoms with E-state index in [1.54, 1.807) is 6.07 Å². The highest BCUT2D eigenvalue weighted by Gasteiger charge is 2.20. The van der Waals surface area contributed by atoms with Crippen LogP contribution in [0.5, 0.6) is 11.5 Å². The van der Waals surface area contributed by atoms with E-state index in [4.69, 9.17) is 9.47 Å². The summed E-state index contributed by atoms with van der Waals surface area (Å²) in [4.78, 5) is 12.7. The minimum absolute atomic E-state index is 0.0562. The molecule has 146 valence electrons. The van der Waals surface area contributed by atoms with E-state index in [9.17, 15) is 4.79 Å². The molecule has 0 aromatic heterocycles. The van der Waals surface area contributed by atoms with Gasteiger partial charge in [0.1, 0.15) is 12.7 Å². The molecule has 0 fully saturated rings. The van der Waals surface area contributed by atoms with Gasteiger partial charge in [0.15, 0.2) is 11.5 Å². The number of carbonyl (C=O) groups excluding carboxylic acids is 1. The predicted molar refractivity (Wildman–Crippen MR) is 112 cm³/mol. The number of aryl methyl sites for hydroxylation is 1. The minimum Gasteiger partial charge on any atom is -0.486 e. The molecular formula is C24H27NO3. The summed E-state index contributed by atoms with van der Waals surface area (Å²) in [7, 11) is 0. The molecule has 0 spiro atoms. The molecule has 1 unspecified atom stereocenters. The maximum atomic E-state index is 12.7. The molecule has 1 amide bonds. The molecule has 0 aliphatic carbocycles. The number of nitrogens with one attached hydrogen (secondary N) is 1. The monoisotopic (exact) mass is 377 g/mol. The van der Waals surface area contributed by atoms with Crippen LogP contribution in [0.15, 0.2) is 36.4 Å². The summed E-state index contributed by atoms with van der Waals surface area (Å²) in [5.41, 5.74) is 3.05. The first kappa shape index (κ1) is 19.8. The van der Waals surface area contributed by atoms with Gasteiger partial charge >= 0.3 is 0 Å². The van der Waals surface area contributed by atoms with Crippen molar-refractivity contribution in [3.63, 3.8) is 0 Å². The Morgan fingerprint density at radius 3 is 2.64 bits per heavy atom. The number of anilines is 1. The Kier molecular flexibility index (Phi) is 5.65. The van der Waals surface area contributed by atoms with Gasteiger partial charge in [0.2, 0.25) is 0 Å². The van der Waals surface area contributed by atoms with Gasteiger partial charge < -0.3 is 14.8 Å². The lowest BCUT2D eigenvalue weighted by Gasteiger charge is -2.26. The summed E-state index contributed by atoms with van der Waals surface area (Å²) >= 11 is 0. The Bertz CT molecular complexity index is 945. The van der Waals surface area contributed by atoms with E-state index in [1.807, 2.05) is 37.3 Å². The summed E-state index contributed by atoms with van der Waals surface area (Å²) < 4.78 is 11.6. The maximum absolute atomic E-state index is 12.7. The van der Waals surface area contributed by atoms with Crippen molar-refractivity contribution in [1.29, 1.82) is 0 Å². The zero-order chi connectivity index (χ0) is 20.3. The van der Waals surface area contributed by atoms with Gasteiger partial charge in [0.05, 0.1) is 0 Å². The highest BCUT2D eigenvalue weighted by molar-refractivity contribution is 6.05. The molecule has 0 saturated carbocycles. The van der Waals surface area contributed by atoms with Crippen LogP contribution in [0.1, 0.15) is 55.6 Å². The molecule has 0 saturated heterocycles. The predicted octanol–water partition coefficient (Wildman–Crippen LogP) is 5.19. The lowest BCUT2D eigenvalue weighted by atomic mass is 9.97. The van der Waals surface area contributed by atoms with Gasteiger partial charge in [-0.05, 0) is 70.0 Å². The summed E-state index contributed by atoms with van der Waals surface area (Å²) in [6, 6.07) is 11.1. The number of carbonyl (C=O) groups is 1. The van der Waals surface area contributed by atoms with Crippen LogP contribution in [0.25, 0.3) is 0 Å². The fourth-order valence-electron chi connectivity index (χ4n) is 2.85. The Labute approximate surface area is 167 Å². The quantitative estimate of drug-likeness (QED) is 0.749. The van der Waals surface area contributed by atoms with Gasteiger partial charge in [0, 0.05) is 28.3 Å². The number of ether oxygens (including phenoxy) is 2. The molecular weight excluding hydrogens is 350 g/mol. The molecule has 1 atom stereocenters. The second kappa shape index (κ2) is 7.98. The molecule has 2 aromatic rings. The first-order chi connectivity index (χ1) is 13.2. The van der Waals surface area contributed by atoms with Crippen LogP contribution in [0.2, 0.25) is 0 Å². The fourth-order valence-corrected chi connectivity index (χ4v) is 2.85. The first-order valence-electron chi connectivity index (χ1n) is 9.64. The van der Waals surface area contributed by atoms with Crippen LogP contribution in [-0.4, -0.2) is 18.6 Å². The molecule has 28 heavy (non-hydrogen) atoms. The third-order valence-electron chi connectivity index (χ3n) is 4.43. The van der Waals surface area contributed by atoms with Crippen molar-refractivity contribution in [1.82, 2.24) is 0 Å². The second-order valence-electron chi connectivity index (χ2n) is 8.10. The lowest BCUT2D eigenvalue weighted by Crippen LogP contribution is -2.28. The molecule has 3 rings (SSSR count). The number of rotatable bonds is 3. The average Bonchev–Trinajstić information content (AvgIpc) is 2.65. The molecule has 1 aliphatic rings. The Morgan fingerprint density at radius 2 is 1.96 bits per heavy atom. The number of hydrogen-bond acceptors (Lipinski definition) is 3. The molecule has 2 aromatic carbocycles. The fraction of sp³-hybridized carbons (Fsp3) is 0.375. The SMILES string of the molecule is CCC1COc2cc(NC(=O)c3ccc(C#CC(C)(C)C)cc3C)ccc2O1. The van der Waals surface area contributed by atoms with Crippen LogP contribution in [0.3, 0.4) is 0 Å². The van der Waals surface area contributed by atoms with Crippen molar-refractivity contribution in [3.8, 4) is 23.3 Å². The Balaban J connectivity index is 1.74. The van der Waals surface area contributed by atoms with Gasteiger partial charge in [-0.25, -0.2) is 0 Å². The third kappa shape index (κ3) is 4.86. The number of fused-ring (bicyclic) bond motifs is 1. The highest BCUT2D eigenvalue weighted by atomic mass is 16.6. The zero-order valence-corrected chi connectivity index (χ0v) is 17.2. The van der Waals surface area contributed by atoms with Crippen LogP contribution in [0.4, 0.5) is 5.69 Å². The van der Waals surface area contributed by atoms with Gasteiger partial charge in [-0.2, -0.15) is 0 Å². The molecule has 1 heterocycles. The van der Waals surface area contributed by atoms with E-state index in [2.05, 4.69) is 44.9 Å². The van der Waals surface area contributed by atoms with Crippen molar-refractivity contribution < 1.29 is 14.3 Å². The molecule has 1 aliphatic heterocycles. The third-order valence-corrected chi connectivity index (χ3v) is 4.43. The summed E-state index contributed by atoms with van der Waals surface area (Å²) in [5.74, 6) is 7.60. The van der Waals surface area contributed by atoms with Crippen LogP contribution in [0, 0.1) is 24.2 Å². The maximum Gasteiger partial charge on any atom is 0.255 e. The summed E-state index contributed by atoms with van der Waals surface area (Å²) in [6.45, 7) is 10.7. The smallest absolute Gasteiger partial charge is 0.255 e. The first-order valence-corrected chi connectivity index (χ1v) is 9.64. The van der Waals surface area contributed by atoms with E-state index in [-0.39, 0.29) is 17.4 Å². The van der Waals surface area contributed by atoms with Crippen molar-refractivity contribution in [2.75, 3.05) is 11.9 Å². The molecule has 4 heteroatoms. The van der Waals surface area contributed by atoms with Crippen molar-refractivity contribution in [2.24, 2.45) is 5.41 Å². The van der Waals surface area contributed by atoms with Crippen molar-refractivity contribution in [3.05, 3.63) is 53.1 Å². The average molecular weight is 377 g/mol. The van der Waals surface area contributed by atoms with E-state index < -0.39 is 0 Å². The number of benzene rings is 2. The van der Waals surface area contributed by atoms with Gasteiger partial charge in [-0.1, -0.05) is 18.8 Å². The van der Waals surface area contributed by atoms with E-state index in [1.165, 1.54) is 0 Å². The molecule has 0 radical (unpaired) electrons. The van der Waals surface area contributed by atoms with Crippen LogP contribution in [-0.2, 0) is 0 Å². The Hall–Kier alpha value is -2.93. The van der Waals surface area contributed by atoms with E-state index >= 15 is 0 Å². The number of amides is 1. The van der Waals surface area contributed by atoms with Crippen molar-refractivity contribution >= 4 is 11.6 Å². The van der Waals surface area contributed by atoms with Gasteiger partial charge in [-0.3, -0.25) is 4.79 Å². The van der Waals surface area contributed by atoms with Crippen molar-refractivity contribution in [2.45, 2.75) is 47.1 Å². The minimum atomic E-state index is -0.157. The topological polar surface area (TPSA) is 47.6 Å². The summed E-state index contributed by atoms with van der Waals surface area (Å²) in [5, 5.41) is 2.94. The lowest BCUT2D eigenvalue weighted by molar-refractivity contribution is 0.0885. The molecule has 4 nitrogen and oxygen atoms in total. The Morgan fingerprint density at radius 1 is 1.18 bits per heavy atom. The molecule has 1 N–H and O–H groups in total. The zero-order valence-electron chi connectivity index (χ0n) is 17.2. The van der Waals surface area contributed by atoms with E-state index in [0.717, 1.165) is 17.5 Å². The largest absolute Gasteiger partial charge is 0.486 e. The molecule has 0 bridgehead atoms. The second-order valence-corrected chi connectivity index (χ2v) is 8.10. The van der Waals surface area contributed by atoms with Crippen LogP contribution < -0.4 is 14.8 Å². The van der Waals surface area contributed by atoms with E-state index in [0.29, 0.717) is 29.4 Å². The highest BCUT2D eigenvalue weighted by Crippen LogP contribution is 2.34. The standard InChI is InChI=1S/C24H27NO3/c1-6-19-15-27-22-14-18(8-10-21(22)28-19)25-23(26)20-9-7-17(13-16(20)2)11-12-24(3,4)5/h7-10,13-14,19H,6,15H2,1-5H3,(H,25,26). The normalized spacial score (nSPS) is 15.4. The summed E-state index contributed by atoms with van der Waals surface area (Å²) in [6.07, 6.45) is 0.975. The van der Waals surface area contributed by atoms with Gasteiger partial charge in [0.25, 0.3) is 5.91 Å².